The fraction of sp³-hybridized carbons (Fsp3) is 1.00. The van der Waals surface area contributed by atoms with Gasteiger partial charge in [-0.3, -0.25) is 0 Å². The van der Waals surface area contributed by atoms with Crippen molar-refractivity contribution in [3.63, 3.8) is 0 Å². The van der Waals surface area contributed by atoms with Crippen LogP contribution in [0.1, 0.15) is 53.4 Å². The Balaban J connectivity index is 0.000000500. The minimum atomic E-state index is -0.00593. The van der Waals surface area contributed by atoms with Crippen LogP contribution < -0.4 is 0 Å². The van der Waals surface area contributed by atoms with Gasteiger partial charge in [0.15, 0.2) is 0 Å². The number of hydrogen-bond donors (Lipinski definition) is 2. The molecule has 0 aromatic heterocycles. The number of aliphatic hydroxyl groups is 2. The average molecular weight is 202 g/mol. The van der Waals surface area contributed by atoms with Gasteiger partial charge < -0.3 is 10.2 Å². The number of aliphatic hydroxyl groups excluding tert-OH is 2. The molecule has 2 nitrogen and oxygen atoms in total. The van der Waals surface area contributed by atoms with Crippen LogP contribution in [0.4, 0.5) is 0 Å². The molecule has 0 bridgehead atoms. The smallest absolute Gasteiger partial charge is 0.0540 e. The van der Waals surface area contributed by atoms with Gasteiger partial charge in [-0.1, -0.05) is 20.8 Å². The van der Waals surface area contributed by atoms with Gasteiger partial charge in [-0.05, 0) is 43.9 Å². The van der Waals surface area contributed by atoms with E-state index in [4.69, 9.17) is 5.11 Å². The second-order valence-electron chi connectivity index (χ2n) is 5.19. The Morgan fingerprint density at radius 1 is 1.07 bits per heavy atom. The predicted molar refractivity (Wildman–Crippen MR) is 60.2 cm³/mol. The van der Waals surface area contributed by atoms with Crippen molar-refractivity contribution in [2.24, 2.45) is 11.3 Å². The highest BCUT2D eigenvalue weighted by molar-refractivity contribution is 4.79. The maximum atomic E-state index is 9.29. The van der Waals surface area contributed by atoms with Gasteiger partial charge in [0.2, 0.25) is 0 Å². The van der Waals surface area contributed by atoms with Crippen molar-refractivity contribution < 1.29 is 10.2 Å². The van der Waals surface area contributed by atoms with E-state index in [-0.39, 0.29) is 12.7 Å². The fourth-order valence-corrected chi connectivity index (χ4v) is 1.94. The van der Waals surface area contributed by atoms with Crippen LogP contribution >= 0.6 is 0 Å². The maximum absolute atomic E-state index is 9.29. The van der Waals surface area contributed by atoms with E-state index in [0.717, 1.165) is 18.8 Å². The average Bonchev–Trinajstić information content (AvgIpc) is 2.04. The van der Waals surface area contributed by atoms with E-state index in [1.165, 1.54) is 12.8 Å². The van der Waals surface area contributed by atoms with Crippen LogP contribution in [-0.4, -0.2) is 22.9 Å². The van der Waals surface area contributed by atoms with Crippen molar-refractivity contribution in [1.29, 1.82) is 0 Å². The van der Waals surface area contributed by atoms with E-state index in [2.05, 4.69) is 20.8 Å². The SMILES string of the molecule is CC(C)(C)C1CCC(O)CC1.CCO. The van der Waals surface area contributed by atoms with Crippen LogP contribution in [0.2, 0.25) is 0 Å². The second kappa shape index (κ2) is 6.41. The lowest BCUT2D eigenvalue weighted by molar-refractivity contribution is 0.0725. The standard InChI is InChI=1S/C10H20O.C2H6O/c1-10(2,3)8-4-6-9(11)7-5-8;1-2-3/h8-9,11H,4-7H2,1-3H3;3H,2H2,1H3. The summed E-state index contributed by atoms with van der Waals surface area (Å²) in [6.45, 7) is 8.83. The topological polar surface area (TPSA) is 40.5 Å². The summed E-state index contributed by atoms with van der Waals surface area (Å²) in [5.74, 6) is 0.825. The third-order valence-electron chi connectivity index (χ3n) is 2.92. The zero-order valence-electron chi connectivity index (χ0n) is 10.1. The monoisotopic (exact) mass is 202 g/mol. The Labute approximate surface area is 88.3 Å². The summed E-state index contributed by atoms with van der Waals surface area (Å²) in [6.07, 6.45) is 4.45. The molecule has 14 heavy (non-hydrogen) atoms. The van der Waals surface area contributed by atoms with Crippen molar-refractivity contribution in [2.45, 2.75) is 59.5 Å². The Bertz CT molecular complexity index is 130. The molecule has 1 aliphatic rings. The van der Waals surface area contributed by atoms with E-state index in [9.17, 15) is 5.11 Å². The molecule has 0 saturated heterocycles. The van der Waals surface area contributed by atoms with Gasteiger partial charge in [0.25, 0.3) is 0 Å². The maximum Gasteiger partial charge on any atom is 0.0540 e. The minimum Gasteiger partial charge on any atom is -0.397 e. The quantitative estimate of drug-likeness (QED) is 0.634. The lowest BCUT2D eigenvalue weighted by atomic mass is 9.72. The first-order chi connectivity index (χ1) is 6.41. The summed E-state index contributed by atoms with van der Waals surface area (Å²) in [5.41, 5.74) is 0.445. The van der Waals surface area contributed by atoms with Gasteiger partial charge in [0.05, 0.1) is 6.10 Å². The Kier molecular flexibility index (Phi) is 6.38. The normalized spacial score (nSPS) is 27.9. The van der Waals surface area contributed by atoms with E-state index in [1.807, 2.05) is 0 Å². The van der Waals surface area contributed by atoms with E-state index >= 15 is 0 Å². The molecule has 1 aliphatic carbocycles. The molecule has 0 unspecified atom stereocenters. The highest BCUT2D eigenvalue weighted by Gasteiger charge is 2.28. The van der Waals surface area contributed by atoms with E-state index in [0.29, 0.717) is 5.41 Å². The molecule has 1 rings (SSSR count). The molecule has 2 N–H and O–H groups in total. The van der Waals surface area contributed by atoms with Crippen molar-refractivity contribution in [3.05, 3.63) is 0 Å². The Morgan fingerprint density at radius 2 is 1.43 bits per heavy atom. The van der Waals surface area contributed by atoms with Crippen LogP contribution in [0.5, 0.6) is 0 Å². The van der Waals surface area contributed by atoms with Gasteiger partial charge in [-0.25, -0.2) is 0 Å². The first-order valence-electron chi connectivity index (χ1n) is 5.70. The van der Waals surface area contributed by atoms with Crippen LogP contribution in [0.15, 0.2) is 0 Å². The number of rotatable bonds is 0. The third kappa shape index (κ3) is 5.61. The summed E-state index contributed by atoms with van der Waals surface area (Å²) < 4.78 is 0. The van der Waals surface area contributed by atoms with Crippen molar-refractivity contribution >= 4 is 0 Å². The fourth-order valence-electron chi connectivity index (χ4n) is 1.94. The molecule has 0 spiro atoms. The van der Waals surface area contributed by atoms with E-state index in [1.54, 1.807) is 6.92 Å². The molecule has 0 atom stereocenters. The largest absolute Gasteiger partial charge is 0.397 e. The zero-order chi connectivity index (χ0) is 11.2. The van der Waals surface area contributed by atoms with Crippen LogP contribution in [-0.2, 0) is 0 Å². The lowest BCUT2D eigenvalue weighted by Gasteiger charge is -2.35. The summed E-state index contributed by atoms with van der Waals surface area (Å²) in [6, 6.07) is 0. The molecule has 86 valence electrons. The molecular formula is C12H26O2. The molecule has 1 fully saturated rings. The van der Waals surface area contributed by atoms with Gasteiger partial charge >= 0.3 is 0 Å². The van der Waals surface area contributed by atoms with Crippen molar-refractivity contribution in [1.82, 2.24) is 0 Å². The summed E-state index contributed by atoms with van der Waals surface area (Å²) in [4.78, 5) is 0. The van der Waals surface area contributed by atoms with Crippen LogP contribution in [0.25, 0.3) is 0 Å². The van der Waals surface area contributed by atoms with Gasteiger partial charge in [-0.15, -0.1) is 0 Å². The van der Waals surface area contributed by atoms with Crippen molar-refractivity contribution in [2.75, 3.05) is 6.61 Å². The first kappa shape index (κ1) is 13.9. The molecule has 2 heteroatoms. The Morgan fingerprint density at radius 3 is 1.71 bits per heavy atom. The van der Waals surface area contributed by atoms with Crippen LogP contribution in [0.3, 0.4) is 0 Å². The first-order valence-corrected chi connectivity index (χ1v) is 5.70. The van der Waals surface area contributed by atoms with Gasteiger partial charge in [0, 0.05) is 6.61 Å². The molecule has 0 amide bonds. The molecule has 0 radical (unpaired) electrons. The van der Waals surface area contributed by atoms with Gasteiger partial charge in [-0.2, -0.15) is 0 Å². The van der Waals surface area contributed by atoms with Crippen LogP contribution in [0, 0.1) is 11.3 Å². The number of hydrogen-bond acceptors (Lipinski definition) is 2. The molecule has 0 aromatic rings. The molecular weight excluding hydrogens is 176 g/mol. The Hall–Kier alpha value is -0.0800. The lowest BCUT2D eigenvalue weighted by Crippen LogP contribution is -2.27. The highest BCUT2D eigenvalue weighted by Crippen LogP contribution is 2.37. The summed E-state index contributed by atoms with van der Waals surface area (Å²) in [7, 11) is 0. The van der Waals surface area contributed by atoms with Gasteiger partial charge in [0.1, 0.15) is 0 Å². The highest BCUT2D eigenvalue weighted by atomic mass is 16.3. The summed E-state index contributed by atoms with van der Waals surface area (Å²) in [5, 5.41) is 16.9. The third-order valence-corrected chi connectivity index (χ3v) is 2.92. The van der Waals surface area contributed by atoms with Crippen molar-refractivity contribution in [3.8, 4) is 0 Å². The minimum absolute atomic E-state index is 0.00593. The summed E-state index contributed by atoms with van der Waals surface area (Å²) >= 11 is 0. The molecule has 0 aliphatic heterocycles. The molecule has 0 heterocycles. The second-order valence-corrected chi connectivity index (χ2v) is 5.19. The molecule has 0 aromatic carbocycles. The zero-order valence-corrected chi connectivity index (χ0v) is 10.1. The van der Waals surface area contributed by atoms with E-state index < -0.39 is 0 Å². The predicted octanol–water partition coefficient (Wildman–Crippen LogP) is 2.58. The molecule has 1 saturated carbocycles.